The van der Waals surface area contributed by atoms with E-state index in [1.165, 1.54) is 18.3 Å². The maximum Gasteiger partial charge on any atom is 0.221 e. The Balaban J connectivity index is 1.75. The molecule has 0 aliphatic carbocycles. The van der Waals surface area contributed by atoms with Crippen LogP contribution in [0.3, 0.4) is 0 Å². The fourth-order valence-corrected chi connectivity index (χ4v) is 3.35. The number of thiazole rings is 1. The second kappa shape index (κ2) is 7.21. The summed E-state index contributed by atoms with van der Waals surface area (Å²) >= 11 is 13.6. The largest absolute Gasteiger partial charge is 0.332 e. The highest BCUT2D eigenvalue weighted by Crippen LogP contribution is 2.33. The van der Waals surface area contributed by atoms with Gasteiger partial charge in [0.15, 0.2) is 5.13 Å². The lowest BCUT2D eigenvalue weighted by molar-refractivity contribution is -0.114. The molecule has 2 aromatic carbocycles. The number of rotatable bonds is 4. The molecular formula is C17H13Cl2N3OS. The summed E-state index contributed by atoms with van der Waals surface area (Å²) in [6.07, 6.45) is 0. The fourth-order valence-electron chi connectivity index (χ4n) is 2.12. The van der Waals surface area contributed by atoms with Crippen molar-refractivity contribution in [1.29, 1.82) is 0 Å². The molecule has 0 aliphatic rings. The van der Waals surface area contributed by atoms with Crippen LogP contribution in [-0.4, -0.2) is 10.9 Å². The smallest absolute Gasteiger partial charge is 0.221 e. The summed E-state index contributed by atoms with van der Waals surface area (Å²) < 4.78 is 0. The molecule has 3 rings (SSSR count). The number of anilines is 3. The third-order valence-corrected chi connectivity index (χ3v) is 4.47. The Hall–Kier alpha value is -2.08. The fraction of sp³-hybridized carbons (Fsp3) is 0.0588. The second-order valence-corrected chi connectivity index (χ2v) is 6.75. The van der Waals surface area contributed by atoms with Crippen LogP contribution in [0, 0.1) is 0 Å². The Kier molecular flexibility index (Phi) is 5.04. The predicted octanol–water partition coefficient (Wildman–Crippen LogP) is 5.82. The van der Waals surface area contributed by atoms with Crippen molar-refractivity contribution < 1.29 is 4.79 Å². The van der Waals surface area contributed by atoms with Gasteiger partial charge in [0.25, 0.3) is 0 Å². The molecule has 2 N–H and O–H groups in total. The highest BCUT2D eigenvalue weighted by Gasteiger charge is 2.09. The first-order chi connectivity index (χ1) is 11.5. The Morgan fingerprint density at radius 1 is 1.08 bits per heavy atom. The Morgan fingerprint density at radius 3 is 2.46 bits per heavy atom. The van der Waals surface area contributed by atoms with Gasteiger partial charge in [-0.05, 0) is 42.5 Å². The average molecular weight is 378 g/mol. The van der Waals surface area contributed by atoms with Crippen LogP contribution in [0.2, 0.25) is 10.0 Å². The number of aromatic nitrogens is 1. The number of halogens is 2. The zero-order chi connectivity index (χ0) is 17.1. The average Bonchev–Trinajstić information content (AvgIpc) is 2.97. The molecule has 0 spiro atoms. The van der Waals surface area contributed by atoms with Gasteiger partial charge in [-0.15, -0.1) is 11.3 Å². The van der Waals surface area contributed by atoms with E-state index in [1.54, 1.807) is 12.1 Å². The summed E-state index contributed by atoms with van der Waals surface area (Å²) in [5.41, 5.74) is 3.26. The van der Waals surface area contributed by atoms with E-state index in [1.807, 2.05) is 35.7 Å². The third-order valence-electron chi connectivity index (χ3n) is 3.17. The molecular weight excluding hydrogens is 365 g/mol. The molecule has 0 fully saturated rings. The summed E-state index contributed by atoms with van der Waals surface area (Å²) in [6, 6.07) is 12.7. The van der Waals surface area contributed by atoms with E-state index in [4.69, 9.17) is 23.2 Å². The van der Waals surface area contributed by atoms with Crippen LogP contribution in [0.15, 0.2) is 47.8 Å². The number of hydrogen-bond acceptors (Lipinski definition) is 4. The summed E-state index contributed by atoms with van der Waals surface area (Å²) in [5.74, 6) is -0.0971. The molecule has 1 heterocycles. The van der Waals surface area contributed by atoms with Crippen LogP contribution in [0.25, 0.3) is 11.3 Å². The highest BCUT2D eigenvalue weighted by molar-refractivity contribution is 7.14. The minimum absolute atomic E-state index is 0.0971. The van der Waals surface area contributed by atoms with Gasteiger partial charge in [-0.3, -0.25) is 4.79 Å². The van der Waals surface area contributed by atoms with Crippen LogP contribution in [-0.2, 0) is 4.79 Å². The van der Waals surface area contributed by atoms with Crippen LogP contribution in [0.1, 0.15) is 6.92 Å². The maximum atomic E-state index is 11.0. The summed E-state index contributed by atoms with van der Waals surface area (Å²) in [5, 5.41) is 9.81. The molecule has 0 unspecified atom stereocenters. The van der Waals surface area contributed by atoms with E-state index in [-0.39, 0.29) is 5.91 Å². The van der Waals surface area contributed by atoms with Crippen LogP contribution < -0.4 is 10.6 Å². The van der Waals surface area contributed by atoms with E-state index in [0.717, 1.165) is 27.8 Å². The summed E-state index contributed by atoms with van der Waals surface area (Å²) in [4.78, 5) is 15.6. The van der Waals surface area contributed by atoms with Crippen molar-refractivity contribution in [3.63, 3.8) is 0 Å². The first kappa shape index (κ1) is 16.8. The summed E-state index contributed by atoms with van der Waals surface area (Å²) in [7, 11) is 0. The minimum atomic E-state index is -0.0971. The lowest BCUT2D eigenvalue weighted by atomic mass is 10.2. The van der Waals surface area contributed by atoms with Crippen molar-refractivity contribution >= 4 is 57.0 Å². The number of nitrogens with one attached hydrogen (secondary N) is 2. The van der Waals surface area contributed by atoms with Crippen molar-refractivity contribution in [3.05, 3.63) is 57.9 Å². The number of nitrogens with zero attached hydrogens (tertiary/aromatic N) is 1. The minimum Gasteiger partial charge on any atom is -0.332 e. The molecule has 0 saturated carbocycles. The molecule has 1 aromatic heterocycles. The van der Waals surface area contributed by atoms with Crippen LogP contribution >= 0.6 is 34.5 Å². The van der Waals surface area contributed by atoms with Crippen molar-refractivity contribution in [2.75, 3.05) is 10.6 Å². The van der Waals surface area contributed by atoms with Gasteiger partial charge in [0, 0.05) is 34.3 Å². The molecule has 1 amide bonds. The lowest BCUT2D eigenvalue weighted by Gasteiger charge is -2.05. The molecule has 0 aliphatic heterocycles. The molecule has 4 nitrogen and oxygen atoms in total. The molecule has 122 valence electrons. The Morgan fingerprint density at radius 2 is 1.79 bits per heavy atom. The van der Waals surface area contributed by atoms with Crippen molar-refractivity contribution in [3.8, 4) is 11.3 Å². The SMILES string of the molecule is CC(=O)Nc1ccc(Nc2nc(-c3ccc(Cl)cc3Cl)cs2)cc1. The molecule has 7 heteroatoms. The standard InChI is InChI=1S/C17H13Cl2N3OS/c1-10(23)20-12-3-5-13(6-4-12)21-17-22-16(9-24-17)14-7-2-11(18)8-15(14)19/h2-9H,1H3,(H,20,23)(H,21,22). The maximum absolute atomic E-state index is 11.0. The van der Waals surface area contributed by atoms with Gasteiger partial charge in [0.2, 0.25) is 5.91 Å². The quantitative estimate of drug-likeness (QED) is 0.602. The molecule has 3 aromatic rings. The predicted molar refractivity (Wildman–Crippen MR) is 102 cm³/mol. The summed E-state index contributed by atoms with van der Waals surface area (Å²) in [6.45, 7) is 1.48. The van der Waals surface area contributed by atoms with Gasteiger partial charge in [-0.1, -0.05) is 23.2 Å². The zero-order valence-corrected chi connectivity index (χ0v) is 15.0. The van der Waals surface area contributed by atoms with Gasteiger partial charge in [0.05, 0.1) is 10.7 Å². The second-order valence-electron chi connectivity index (χ2n) is 5.05. The lowest BCUT2D eigenvalue weighted by Crippen LogP contribution is -2.05. The van der Waals surface area contributed by atoms with Gasteiger partial charge in [-0.25, -0.2) is 4.98 Å². The van der Waals surface area contributed by atoms with E-state index >= 15 is 0 Å². The van der Waals surface area contributed by atoms with Crippen molar-refractivity contribution in [2.45, 2.75) is 6.92 Å². The topological polar surface area (TPSA) is 54.0 Å². The molecule has 0 radical (unpaired) electrons. The highest BCUT2D eigenvalue weighted by atomic mass is 35.5. The van der Waals surface area contributed by atoms with Gasteiger partial charge < -0.3 is 10.6 Å². The number of carbonyl (C=O) groups excluding carboxylic acids is 1. The van der Waals surface area contributed by atoms with Crippen molar-refractivity contribution in [1.82, 2.24) is 4.98 Å². The van der Waals surface area contributed by atoms with E-state index in [0.29, 0.717) is 10.0 Å². The van der Waals surface area contributed by atoms with Crippen LogP contribution in [0.4, 0.5) is 16.5 Å². The van der Waals surface area contributed by atoms with Gasteiger partial charge >= 0.3 is 0 Å². The Labute approximate surface area is 153 Å². The number of hydrogen-bond donors (Lipinski definition) is 2. The molecule has 24 heavy (non-hydrogen) atoms. The molecule has 0 atom stereocenters. The number of amides is 1. The van der Waals surface area contributed by atoms with Gasteiger partial charge in [-0.2, -0.15) is 0 Å². The number of benzene rings is 2. The third kappa shape index (κ3) is 4.06. The van der Waals surface area contributed by atoms with Gasteiger partial charge in [0.1, 0.15) is 0 Å². The zero-order valence-electron chi connectivity index (χ0n) is 12.6. The monoisotopic (exact) mass is 377 g/mol. The normalized spacial score (nSPS) is 10.5. The van der Waals surface area contributed by atoms with E-state index < -0.39 is 0 Å². The first-order valence-electron chi connectivity index (χ1n) is 7.07. The van der Waals surface area contributed by atoms with E-state index in [9.17, 15) is 4.79 Å². The van der Waals surface area contributed by atoms with Crippen LogP contribution in [0.5, 0.6) is 0 Å². The molecule has 0 saturated heterocycles. The molecule has 0 bridgehead atoms. The van der Waals surface area contributed by atoms with E-state index in [2.05, 4.69) is 15.6 Å². The Bertz CT molecular complexity index is 878. The number of carbonyl (C=O) groups is 1. The van der Waals surface area contributed by atoms with Crippen molar-refractivity contribution in [2.24, 2.45) is 0 Å². The first-order valence-corrected chi connectivity index (χ1v) is 8.70.